The van der Waals surface area contributed by atoms with Gasteiger partial charge in [0.05, 0.1) is 10.5 Å². The fourth-order valence-corrected chi connectivity index (χ4v) is 4.55. The number of benzene rings is 2. The van der Waals surface area contributed by atoms with Gasteiger partial charge < -0.3 is 4.74 Å². The highest BCUT2D eigenvalue weighted by atomic mass is 32.2. The van der Waals surface area contributed by atoms with Crippen LogP contribution in [0.5, 0.6) is 0 Å². The number of ether oxygens (including phenoxy) is 1. The van der Waals surface area contributed by atoms with Gasteiger partial charge in [0.25, 0.3) is 0 Å². The SMILES string of the molecule is N#CCOC(=O)c1cccc(S(=O)(=O)N2CCN(Cc3ccccc3)CC2)c1. The van der Waals surface area contributed by atoms with Gasteiger partial charge in [0.2, 0.25) is 10.0 Å². The number of sulfonamides is 1. The Morgan fingerprint density at radius 3 is 2.43 bits per heavy atom. The van der Waals surface area contributed by atoms with Crippen molar-refractivity contribution in [2.24, 2.45) is 0 Å². The third-order valence-corrected chi connectivity index (χ3v) is 6.45. The van der Waals surface area contributed by atoms with E-state index in [9.17, 15) is 13.2 Å². The van der Waals surface area contributed by atoms with Crippen molar-refractivity contribution in [3.63, 3.8) is 0 Å². The van der Waals surface area contributed by atoms with Crippen molar-refractivity contribution in [1.82, 2.24) is 9.21 Å². The van der Waals surface area contributed by atoms with Crippen LogP contribution in [0.2, 0.25) is 0 Å². The number of nitriles is 1. The van der Waals surface area contributed by atoms with Crippen LogP contribution >= 0.6 is 0 Å². The molecule has 8 heteroatoms. The van der Waals surface area contributed by atoms with Gasteiger partial charge in [-0.25, -0.2) is 13.2 Å². The van der Waals surface area contributed by atoms with Crippen LogP contribution in [0.25, 0.3) is 0 Å². The number of carbonyl (C=O) groups is 1. The van der Waals surface area contributed by atoms with Gasteiger partial charge in [-0.2, -0.15) is 9.57 Å². The van der Waals surface area contributed by atoms with Crippen LogP contribution in [0.3, 0.4) is 0 Å². The Balaban J connectivity index is 1.66. The fraction of sp³-hybridized carbons (Fsp3) is 0.300. The van der Waals surface area contributed by atoms with E-state index in [0.717, 1.165) is 6.54 Å². The molecule has 2 aromatic rings. The second-order valence-electron chi connectivity index (χ2n) is 6.43. The number of piperazine rings is 1. The van der Waals surface area contributed by atoms with E-state index in [1.54, 1.807) is 6.07 Å². The molecule has 0 aromatic heterocycles. The van der Waals surface area contributed by atoms with Crippen molar-refractivity contribution in [2.75, 3.05) is 32.8 Å². The molecule has 3 rings (SSSR count). The van der Waals surface area contributed by atoms with Crippen LogP contribution in [0.1, 0.15) is 15.9 Å². The Bertz CT molecular complexity index is 962. The maximum absolute atomic E-state index is 12.9. The molecule has 0 aliphatic carbocycles. The van der Waals surface area contributed by atoms with E-state index in [1.165, 1.54) is 34.1 Å². The standard InChI is InChI=1S/C20H21N3O4S/c21-9-14-27-20(24)18-7-4-8-19(15-18)28(25,26)23-12-10-22(11-13-23)16-17-5-2-1-3-6-17/h1-8,15H,10-14,16H2. The molecule has 0 saturated carbocycles. The minimum atomic E-state index is -3.70. The van der Waals surface area contributed by atoms with Crippen molar-refractivity contribution in [1.29, 1.82) is 5.26 Å². The first-order valence-corrected chi connectivity index (χ1v) is 10.4. The maximum atomic E-state index is 12.9. The van der Waals surface area contributed by atoms with E-state index in [1.807, 2.05) is 18.2 Å². The van der Waals surface area contributed by atoms with Crippen LogP contribution in [-0.2, 0) is 21.3 Å². The lowest BCUT2D eigenvalue weighted by Crippen LogP contribution is -2.48. The molecule has 0 N–H and O–H groups in total. The van der Waals surface area contributed by atoms with E-state index < -0.39 is 16.0 Å². The normalized spacial score (nSPS) is 15.7. The van der Waals surface area contributed by atoms with Gasteiger partial charge in [-0.15, -0.1) is 0 Å². The highest BCUT2D eigenvalue weighted by molar-refractivity contribution is 7.89. The molecule has 2 aromatic carbocycles. The molecule has 1 saturated heterocycles. The third-order valence-electron chi connectivity index (χ3n) is 4.56. The first-order valence-electron chi connectivity index (χ1n) is 8.91. The summed E-state index contributed by atoms with van der Waals surface area (Å²) in [6, 6.07) is 17.5. The Morgan fingerprint density at radius 1 is 1.04 bits per heavy atom. The molecule has 0 atom stereocenters. The molecule has 1 aliphatic rings. The van der Waals surface area contributed by atoms with Gasteiger partial charge in [0, 0.05) is 32.7 Å². The fourth-order valence-electron chi connectivity index (χ4n) is 3.08. The average molecular weight is 399 g/mol. The van der Waals surface area contributed by atoms with E-state index in [4.69, 9.17) is 10.00 Å². The minimum absolute atomic E-state index is 0.0513. The third kappa shape index (κ3) is 4.75. The van der Waals surface area contributed by atoms with Crippen molar-refractivity contribution in [3.05, 3.63) is 65.7 Å². The summed E-state index contributed by atoms with van der Waals surface area (Å²) in [6.45, 7) is 2.46. The van der Waals surface area contributed by atoms with Gasteiger partial charge >= 0.3 is 5.97 Å². The molecule has 0 bridgehead atoms. The molecular weight excluding hydrogens is 378 g/mol. The Hall–Kier alpha value is -2.73. The van der Waals surface area contributed by atoms with Gasteiger partial charge in [-0.05, 0) is 23.8 Å². The molecule has 0 unspecified atom stereocenters. The molecule has 1 aliphatic heterocycles. The number of hydrogen-bond donors (Lipinski definition) is 0. The molecule has 0 radical (unpaired) electrons. The zero-order chi connectivity index (χ0) is 20.0. The van der Waals surface area contributed by atoms with Gasteiger partial charge in [0.1, 0.15) is 6.07 Å². The average Bonchev–Trinajstić information content (AvgIpc) is 2.73. The van der Waals surface area contributed by atoms with E-state index in [-0.39, 0.29) is 17.1 Å². The number of rotatable bonds is 6. The summed E-state index contributed by atoms with van der Waals surface area (Å²) in [6.07, 6.45) is 0. The highest BCUT2D eigenvalue weighted by Gasteiger charge is 2.29. The first kappa shape index (κ1) is 20.0. The van der Waals surface area contributed by atoms with Crippen molar-refractivity contribution < 1.29 is 17.9 Å². The summed E-state index contributed by atoms with van der Waals surface area (Å²) < 4.78 is 32.1. The molecule has 0 spiro atoms. The summed E-state index contributed by atoms with van der Waals surface area (Å²) in [5.41, 5.74) is 1.31. The number of carbonyl (C=O) groups excluding carboxylic acids is 1. The molecule has 146 valence electrons. The molecular formula is C20H21N3O4S. The quantitative estimate of drug-likeness (QED) is 0.689. The monoisotopic (exact) mass is 399 g/mol. The van der Waals surface area contributed by atoms with Crippen LogP contribution in [-0.4, -0.2) is 56.4 Å². The molecule has 1 fully saturated rings. The summed E-state index contributed by atoms with van der Waals surface area (Å²) in [5.74, 6) is -0.716. The van der Waals surface area contributed by atoms with Crippen LogP contribution < -0.4 is 0 Å². The van der Waals surface area contributed by atoms with Crippen LogP contribution in [0.4, 0.5) is 0 Å². The van der Waals surface area contributed by atoms with Crippen molar-refractivity contribution in [2.45, 2.75) is 11.4 Å². The molecule has 1 heterocycles. The second kappa shape index (κ2) is 8.97. The predicted molar refractivity (Wildman–Crippen MR) is 103 cm³/mol. The first-order chi connectivity index (χ1) is 13.5. The number of hydrogen-bond acceptors (Lipinski definition) is 6. The number of nitrogens with zero attached hydrogens (tertiary/aromatic N) is 3. The molecule has 0 amide bonds. The zero-order valence-corrected chi connectivity index (χ0v) is 16.1. The van der Waals surface area contributed by atoms with Crippen LogP contribution in [0.15, 0.2) is 59.5 Å². The Labute approximate surface area is 164 Å². The summed E-state index contributed by atoms with van der Waals surface area (Å²) in [4.78, 5) is 14.2. The van der Waals surface area contributed by atoms with Crippen molar-refractivity contribution >= 4 is 16.0 Å². The minimum Gasteiger partial charge on any atom is -0.447 e. The van der Waals surface area contributed by atoms with Gasteiger partial charge in [0.15, 0.2) is 6.61 Å². The van der Waals surface area contributed by atoms with Crippen LogP contribution in [0, 0.1) is 11.3 Å². The molecule has 28 heavy (non-hydrogen) atoms. The second-order valence-corrected chi connectivity index (χ2v) is 8.37. The highest BCUT2D eigenvalue weighted by Crippen LogP contribution is 2.20. The predicted octanol–water partition coefficient (Wildman–Crippen LogP) is 1.87. The van der Waals surface area contributed by atoms with Gasteiger partial charge in [-0.3, -0.25) is 4.90 Å². The Morgan fingerprint density at radius 2 is 1.75 bits per heavy atom. The smallest absolute Gasteiger partial charge is 0.339 e. The van der Waals surface area contributed by atoms with Gasteiger partial charge in [-0.1, -0.05) is 36.4 Å². The lowest BCUT2D eigenvalue weighted by atomic mass is 10.2. The Kier molecular flexibility index (Phi) is 6.41. The largest absolute Gasteiger partial charge is 0.447 e. The lowest BCUT2D eigenvalue weighted by Gasteiger charge is -2.34. The zero-order valence-electron chi connectivity index (χ0n) is 15.3. The van der Waals surface area contributed by atoms with Crippen molar-refractivity contribution in [3.8, 4) is 6.07 Å². The topological polar surface area (TPSA) is 90.7 Å². The number of esters is 1. The summed E-state index contributed by atoms with van der Waals surface area (Å²) in [5, 5.41) is 8.50. The molecule has 7 nitrogen and oxygen atoms in total. The summed E-state index contributed by atoms with van der Waals surface area (Å²) >= 11 is 0. The lowest BCUT2D eigenvalue weighted by molar-refractivity contribution is 0.0554. The van der Waals surface area contributed by atoms with E-state index in [0.29, 0.717) is 26.2 Å². The van der Waals surface area contributed by atoms with E-state index in [2.05, 4.69) is 17.0 Å². The summed E-state index contributed by atoms with van der Waals surface area (Å²) in [7, 11) is -3.70. The maximum Gasteiger partial charge on any atom is 0.339 e. The van der Waals surface area contributed by atoms with E-state index >= 15 is 0 Å².